The van der Waals surface area contributed by atoms with Crippen molar-refractivity contribution < 1.29 is 19.1 Å². The van der Waals surface area contributed by atoms with Gasteiger partial charge in [-0.3, -0.25) is 9.59 Å². The van der Waals surface area contributed by atoms with Gasteiger partial charge in [0.2, 0.25) is 12.7 Å². The van der Waals surface area contributed by atoms with Gasteiger partial charge < -0.3 is 19.7 Å². The van der Waals surface area contributed by atoms with E-state index >= 15 is 0 Å². The first kappa shape index (κ1) is 21.3. The Morgan fingerprint density at radius 1 is 0.939 bits per heavy atom. The van der Waals surface area contributed by atoms with Gasteiger partial charge in [-0.05, 0) is 41.5 Å². The van der Waals surface area contributed by atoms with Crippen molar-refractivity contribution in [1.29, 1.82) is 0 Å². The summed E-state index contributed by atoms with van der Waals surface area (Å²) in [6, 6.07) is 22.4. The Kier molecular flexibility index (Phi) is 5.92. The molecular formula is C26H23ClN2O4. The normalized spacial score (nSPS) is 18.9. The molecule has 0 spiro atoms. The average molecular weight is 463 g/mol. The Morgan fingerprint density at radius 3 is 2.58 bits per heavy atom. The van der Waals surface area contributed by atoms with Crippen LogP contribution in [0.1, 0.15) is 27.4 Å². The van der Waals surface area contributed by atoms with Crippen LogP contribution in [-0.4, -0.2) is 36.6 Å². The monoisotopic (exact) mass is 462 g/mol. The third kappa shape index (κ3) is 4.52. The maximum atomic E-state index is 13.3. The van der Waals surface area contributed by atoms with Crippen LogP contribution >= 0.6 is 11.6 Å². The maximum Gasteiger partial charge on any atom is 0.253 e. The molecule has 0 saturated carbocycles. The van der Waals surface area contributed by atoms with E-state index in [4.69, 9.17) is 21.1 Å². The van der Waals surface area contributed by atoms with Gasteiger partial charge in [-0.25, -0.2) is 0 Å². The minimum atomic E-state index is -0.357. The van der Waals surface area contributed by atoms with Crippen LogP contribution in [-0.2, 0) is 11.3 Å². The van der Waals surface area contributed by atoms with Gasteiger partial charge in [0.1, 0.15) is 0 Å². The first-order valence-corrected chi connectivity index (χ1v) is 11.2. The molecule has 1 saturated heterocycles. The quantitative estimate of drug-likeness (QED) is 0.615. The molecule has 3 aromatic rings. The lowest BCUT2D eigenvalue weighted by atomic mass is 9.88. The molecule has 168 valence electrons. The van der Waals surface area contributed by atoms with Crippen molar-refractivity contribution in [2.24, 2.45) is 5.92 Å². The number of carbonyl (C=O) groups is 2. The smallest absolute Gasteiger partial charge is 0.253 e. The Morgan fingerprint density at radius 2 is 1.76 bits per heavy atom. The van der Waals surface area contributed by atoms with E-state index in [1.54, 1.807) is 29.2 Å². The molecule has 3 aromatic carbocycles. The van der Waals surface area contributed by atoms with E-state index in [1.165, 1.54) is 0 Å². The molecule has 2 atom stereocenters. The first-order valence-electron chi connectivity index (χ1n) is 10.8. The van der Waals surface area contributed by atoms with Crippen molar-refractivity contribution in [2.45, 2.75) is 12.5 Å². The minimum absolute atomic E-state index is 0.0806. The third-order valence-electron chi connectivity index (χ3n) is 6.15. The molecular weight excluding hydrogens is 440 g/mol. The SMILES string of the molecule is O=C(NCc1ccc2c(c1)OCO2)C1CN(C(=O)c2cccc(Cl)c2)CC1c1ccccc1. The zero-order valence-electron chi connectivity index (χ0n) is 17.9. The van der Waals surface area contributed by atoms with E-state index < -0.39 is 0 Å². The summed E-state index contributed by atoms with van der Waals surface area (Å²) in [6.45, 7) is 1.40. The zero-order chi connectivity index (χ0) is 22.8. The number of hydrogen-bond acceptors (Lipinski definition) is 4. The standard InChI is InChI=1S/C26H23ClN2O4/c27-20-8-4-7-19(12-20)26(31)29-14-21(18-5-2-1-3-6-18)22(15-29)25(30)28-13-17-9-10-23-24(11-17)33-16-32-23/h1-12,21-22H,13-16H2,(H,28,30). The van der Waals surface area contributed by atoms with Gasteiger partial charge in [0.05, 0.1) is 5.92 Å². The predicted molar refractivity (Wildman–Crippen MR) is 124 cm³/mol. The summed E-state index contributed by atoms with van der Waals surface area (Å²) in [7, 11) is 0. The highest BCUT2D eigenvalue weighted by atomic mass is 35.5. The van der Waals surface area contributed by atoms with Gasteiger partial charge in [-0.15, -0.1) is 0 Å². The summed E-state index contributed by atoms with van der Waals surface area (Å²) in [5, 5.41) is 3.56. The summed E-state index contributed by atoms with van der Waals surface area (Å²) in [5.74, 6) is 0.742. The van der Waals surface area contributed by atoms with Crippen LogP contribution in [0.5, 0.6) is 11.5 Å². The van der Waals surface area contributed by atoms with E-state index in [-0.39, 0.29) is 30.4 Å². The molecule has 0 aliphatic carbocycles. The number of halogens is 1. The van der Waals surface area contributed by atoms with Crippen molar-refractivity contribution in [1.82, 2.24) is 10.2 Å². The fourth-order valence-corrected chi connectivity index (χ4v) is 4.64. The second-order valence-corrected chi connectivity index (χ2v) is 8.69. The molecule has 1 fully saturated rings. The third-order valence-corrected chi connectivity index (χ3v) is 6.38. The van der Waals surface area contributed by atoms with Crippen LogP contribution in [0.25, 0.3) is 0 Å². The summed E-state index contributed by atoms with van der Waals surface area (Å²) < 4.78 is 10.8. The topological polar surface area (TPSA) is 67.9 Å². The van der Waals surface area contributed by atoms with Gasteiger partial charge in [-0.1, -0.05) is 54.1 Å². The molecule has 2 amide bonds. The Bertz CT molecular complexity index is 1180. The molecule has 0 bridgehead atoms. The van der Waals surface area contributed by atoms with Gasteiger partial charge in [-0.2, -0.15) is 0 Å². The van der Waals surface area contributed by atoms with Crippen molar-refractivity contribution in [3.05, 3.63) is 94.5 Å². The zero-order valence-corrected chi connectivity index (χ0v) is 18.6. The minimum Gasteiger partial charge on any atom is -0.454 e. The van der Waals surface area contributed by atoms with Crippen molar-refractivity contribution in [2.75, 3.05) is 19.9 Å². The second-order valence-electron chi connectivity index (χ2n) is 8.25. The highest BCUT2D eigenvalue weighted by Gasteiger charge is 2.40. The van der Waals surface area contributed by atoms with E-state index in [2.05, 4.69) is 5.32 Å². The Labute approximate surface area is 197 Å². The van der Waals surface area contributed by atoms with E-state index in [0.29, 0.717) is 41.7 Å². The van der Waals surface area contributed by atoms with Crippen LogP contribution in [0.3, 0.4) is 0 Å². The highest BCUT2D eigenvalue weighted by molar-refractivity contribution is 6.30. The molecule has 0 radical (unpaired) electrons. The molecule has 7 heteroatoms. The van der Waals surface area contributed by atoms with Gasteiger partial charge in [0.25, 0.3) is 5.91 Å². The first-order chi connectivity index (χ1) is 16.1. The number of nitrogens with one attached hydrogen (secondary N) is 1. The molecule has 5 rings (SSSR count). The van der Waals surface area contributed by atoms with Crippen LogP contribution in [0.15, 0.2) is 72.8 Å². The van der Waals surface area contributed by atoms with Crippen molar-refractivity contribution in [3.63, 3.8) is 0 Å². The van der Waals surface area contributed by atoms with Crippen LogP contribution in [0.2, 0.25) is 5.02 Å². The van der Waals surface area contributed by atoms with Crippen molar-refractivity contribution >= 4 is 23.4 Å². The van der Waals surface area contributed by atoms with E-state index in [9.17, 15) is 9.59 Å². The van der Waals surface area contributed by atoms with Crippen molar-refractivity contribution in [3.8, 4) is 11.5 Å². The largest absolute Gasteiger partial charge is 0.454 e. The van der Waals surface area contributed by atoms with Gasteiger partial charge >= 0.3 is 0 Å². The fraction of sp³-hybridized carbons (Fsp3) is 0.231. The lowest BCUT2D eigenvalue weighted by molar-refractivity contribution is -0.125. The molecule has 0 aromatic heterocycles. The maximum absolute atomic E-state index is 13.3. The number of ether oxygens (including phenoxy) is 2. The number of likely N-dealkylation sites (tertiary alicyclic amines) is 1. The molecule has 2 unspecified atom stereocenters. The predicted octanol–water partition coefficient (Wildman–Crippen LogP) is 4.24. The molecule has 6 nitrogen and oxygen atoms in total. The average Bonchev–Trinajstić information content (AvgIpc) is 3.50. The second kappa shape index (κ2) is 9.16. The Balaban J connectivity index is 1.33. The molecule has 33 heavy (non-hydrogen) atoms. The number of fused-ring (bicyclic) bond motifs is 1. The van der Waals surface area contributed by atoms with E-state index in [1.807, 2.05) is 48.5 Å². The number of carbonyl (C=O) groups excluding carboxylic acids is 2. The van der Waals surface area contributed by atoms with Gasteiger partial charge in [0.15, 0.2) is 11.5 Å². The summed E-state index contributed by atoms with van der Waals surface area (Å²) in [6.07, 6.45) is 0. The lowest BCUT2D eigenvalue weighted by Crippen LogP contribution is -2.35. The number of benzene rings is 3. The molecule has 2 heterocycles. The number of hydrogen-bond donors (Lipinski definition) is 1. The van der Waals surface area contributed by atoms with Crippen LogP contribution < -0.4 is 14.8 Å². The van der Waals surface area contributed by atoms with E-state index in [0.717, 1.165) is 11.1 Å². The molecule has 1 N–H and O–H groups in total. The number of rotatable bonds is 5. The molecule has 2 aliphatic heterocycles. The fourth-order valence-electron chi connectivity index (χ4n) is 4.45. The number of amides is 2. The lowest BCUT2D eigenvalue weighted by Gasteiger charge is -2.18. The van der Waals surface area contributed by atoms with Gasteiger partial charge in [0, 0.05) is 36.1 Å². The van der Waals surface area contributed by atoms with Crippen LogP contribution in [0, 0.1) is 5.92 Å². The summed E-state index contributed by atoms with van der Waals surface area (Å²) in [4.78, 5) is 28.2. The van der Waals surface area contributed by atoms with Crippen LogP contribution in [0.4, 0.5) is 0 Å². The Hall–Kier alpha value is -3.51. The number of nitrogens with zero attached hydrogens (tertiary/aromatic N) is 1. The highest BCUT2D eigenvalue weighted by Crippen LogP contribution is 2.35. The summed E-state index contributed by atoms with van der Waals surface area (Å²) >= 11 is 6.08. The summed E-state index contributed by atoms with van der Waals surface area (Å²) in [5.41, 5.74) is 2.49. The molecule has 2 aliphatic rings.